The van der Waals surface area contributed by atoms with Crippen molar-refractivity contribution in [3.63, 3.8) is 0 Å². The monoisotopic (exact) mass is 920 g/mol. The van der Waals surface area contributed by atoms with Crippen molar-refractivity contribution < 1.29 is 37.1 Å². The van der Waals surface area contributed by atoms with Gasteiger partial charge in [0.15, 0.2) is 0 Å². The highest BCUT2D eigenvalue weighted by molar-refractivity contribution is 8.14. The first-order valence-electron chi connectivity index (χ1n) is 22.4. The summed E-state index contributed by atoms with van der Waals surface area (Å²) >= 11 is 1.55. The molecule has 3 amide bonds. The number of benzene rings is 1. The number of aryl methyl sites for hydroxylation is 1. The number of thioether (sulfide) groups is 1. The Balaban J connectivity index is 1.24. The maximum absolute atomic E-state index is 14.6. The lowest BCUT2D eigenvalue weighted by Gasteiger charge is -2.37. The molecule has 2 fully saturated rings. The molecule has 1 unspecified atom stereocenters. The number of allylic oxidation sites excluding steroid dienone is 1. The number of esters is 1. The molecule has 7 rings (SSSR count). The lowest BCUT2D eigenvalue weighted by atomic mass is 9.83. The van der Waals surface area contributed by atoms with Gasteiger partial charge in [-0.3, -0.25) is 34.2 Å². The topological polar surface area (TPSA) is 184 Å². The molecule has 0 aliphatic carbocycles. The van der Waals surface area contributed by atoms with Crippen LogP contribution in [-0.4, -0.2) is 133 Å². The van der Waals surface area contributed by atoms with Gasteiger partial charge < -0.3 is 24.3 Å². The second-order valence-electron chi connectivity index (χ2n) is 18.8. The summed E-state index contributed by atoms with van der Waals surface area (Å²) in [4.78, 5) is 68.1. The molecule has 2 saturated heterocycles. The average molecular weight is 921 g/mol. The van der Waals surface area contributed by atoms with Crippen molar-refractivity contribution in [2.45, 2.75) is 110 Å². The van der Waals surface area contributed by atoms with Crippen molar-refractivity contribution in [3.05, 3.63) is 52.7 Å². The van der Waals surface area contributed by atoms with Gasteiger partial charge in [-0.15, -0.1) is 11.8 Å². The number of carbonyl (C=O) groups excluding carboxylic acids is 4. The molecule has 6 bridgehead atoms. The van der Waals surface area contributed by atoms with E-state index in [1.165, 1.54) is 14.2 Å². The second kappa shape index (κ2) is 19.2. The van der Waals surface area contributed by atoms with E-state index in [0.29, 0.717) is 43.0 Å². The van der Waals surface area contributed by atoms with E-state index in [9.17, 15) is 27.6 Å². The summed E-state index contributed by atoms with van der Waals surface area (Å²) in [7, 11) is 1.63. The molecule has 6 heterocycles. The van der Waals surface area contributed by atoms with Crippen LogP contribution in [0.15, 0.2) is 45.9 Å². The quantitative estimate of drug-likeness (QED) is 0.316. The lowest BCUT2D eigenvalue weighted by molar-refractivity contribution is -0.155. The first kappa shape index (κ1) is 47.6. The molecule has 64 heavy (non-hydrogen) atoms. The van der Waals surface area contributed by atoms with Gasteiger partial charge in [0.2, 0.25) is 21.8 Å². The van der Waals surface area contributed by atoms with E-state index in [1.54, 1.807) is 25.9 Å². The number of aliphatic imine (C=N–C) groups is 2. The number of amides is 3. The van der Waals surface area contributed by atoms with Crippen LogP contribution in [-0.2, 0) is 52.1 Å². The molecule has 16 nitrogen and oxygen atoms in total. The number of hydrazine groups is 1. The average Bonchev–Trinajstić information content (AvgIpc) is 4.03. The number of nitrogens with one attached hydrogen (secondary N) is 2. The van der Waals surface area contributed by atoms with Gasteiger partial charge in [-0.25, -0.2) is 13.8 Å². The van der Waals surface area contributed by atoms with E-state index in [1.807, 2.05) is 27.0 Å². The number of ether oxygens (including phenoxy) is 2. The molecule has 5 aliphatic rings. The highest BCUT2D eigenvalue weighted by Gasteiger charge is 2.42. The van der Waals surface area contributed by atoms with Gasteiger partial charge >= 0.3 is 5.97 Å². The number of carbonyl (C=O) groups is 4. The summed E-state index contributed by atoms with van der Waals surface area (Å²) in [5, 5.41) is 7.08. The smallest absolute Gasteiger partial charge is 0.324 e. The molecule has 18 heteroatoms. The fourth-order valence-corrected chi connectivity index (χ4v) is 11.8. The number of hydrogen-bond acceptors (Lipinski definition) is 12. The Morgan fingerprint density at radius 2 is 1.94 bits per heavy atom. The lowest BCUT2D eigenvalue weighted by Crippen LogP contribution is -2.62. The fourth-order valence-electron chi connectivity index (χ4n) is 9.74. The summed E-state index contributed by atoms with van der Waals surface area (Å²) in [6.45, 7) is 13.9. The second-order valence-corrected chi connectivity index (χ2v) is 21.8. The number of nitrogens with zero attached hydrogens (tertiary/aromatic N) is 6. The molecule has 1 aromatic carbocycles. The molecule has 0 radical (unpaired) electrons. The van der Waals surface area contributed by atoms with Crippen molar-refractivity contribution in [1.29, 1.82) is 0 Å². The zero-order valence-electron chi connectivity index (χ0n) is 38.4. The van der Waals surface area contributed by atoms with Crippen LogP contribution >= 0.6 is 11.8 Å². The molecule has 0 spiro atoms. The maximum Gasteiger partial charge on any atom is 0.324 e. The molecular formula is C46H64N8O8S2. The van der Waals surface area contributed by atoms with Crippen LogP contribution in [0.4, 0.5) is 0 Å². The summed E-state index contributed by atoms with van der Waals surface area (Å²) in [5.74, 6) is -2.11. The minimum atomic E-state index is -3.70. The Hall–Kier alpha value is -4.36. The molecule has 0 saturated carbocycles. The predicted octanol–water partition coefficient (Wildman–Crippen LogP) is 4.75. The van der Waals surface area contributed by atoms with Crippen LogP contribution in [0, 0.1) is 17.3 Å². The highest BCUT2D eigenvalue weighted by atomic mass is 32.2. The SMILES string of the molecule is C=CS(=O)(=O)N1CC[C@H](C(=O)N(C)[C@H](C(=O)N[C@H]2CC3=NC(CS3)c3ccc4c(c3)c(c(C3=C([C@H](C)OC)N=CCC3)n4C)CC(C)(C)COC(=O)[C@@H]3CCCN(N3)C2=O)C(C)C)C1. The van der Waals surface area contributed by atoms with Crippen molar-refractivity contribution in [2.75, 3.05) is 46.2 Å². The minimum Gasteiger partial charge on any atom is -0.464 e. The number of rotatable bonds is 10. The summed E-state index contributed by atoms with van der Waals surface area (Å²) in [6, 6.07) is 3.45. The maximum atomic E-state index is 14.6. The Bertz CT molecular complexity index is 2390. The van der Waals surface area contributed by atoms with Gasteiger partial charge in [0, 0.05) is 92.2 Å². The van der Waals surface area contributed by atoms with Crippen molar-refractivity contribution in [3.8, 4) is 0 Å². The van der Waals surface area contributed by atoms with Gasteiger partial charge in [-0.1, -0.05) is 40.3 Å². The third kappa shape index (κ3) is 9.76. The zero-order chi connectivity index (χ0) is 46.2. The Morgan fingerprint density at radius 1 is 1.17 bits per heavy atom. The number of likely N-dealkylation sites (N-methyl/N-ethyl adjacent to an activating group) is 1. The number of fused-ring (bicyclic) bond motifs is 5. The van der Waals surface area contributed by atoms with Crippen molar-refractivity contribution >= 4 is 73.2 Å². The summed E-state index contributed by atoms with van der Waals surface area (Å²) in [6.07, 6.45) is 5.40. The van der Waals surface area contributed by atoms with E-state index < -0.39 is 57.3 Å². The Labute approximate surface area is 381 Å². The molecule has 2 N–H and O–H groups in total. The molecule has 5 aliphatic heterocycles. The van der Waals surface area contributed by atoms with Crippen LogP contribution in [0.3, 0.4) is 0 Å². The van der Waals surface area contributed by atoms with Crippen LogP contribution in [0.2, 0.25) is 0 Å². The number of aromatic nitrogens is 1. The van der Waals surface area contributed by atoms with Crippen LogP contribution in [0.1, 0.15) is 96.0 Å². The zero-order valence-corrected chi connectivity index (χ0v) is 40.0. The third-order valence-electron chi connectivity index (χ3n) is 13.2. The van der Waals surface area contributed by atoms with Gasteiger partial charge in [-0.2, -0.15) is 4.31 Å². The molecule has 348 valence electrons. The Kier molecular flexibility index (Phi) is 14.3. The van der Waals surface area contributed by atoms with Gasteiger partial charge in [0.1, 0.15) is 18.1 Å². The number of hydrogen-bond donors (Lipinski definition) is 2. The normalized spacial score (nSPS) is 25.5. The van der Waals surface area contributed by atoms with Gasteiger partial charge in [0.05, 0.1) is 35.4 Å². The van der Waals surface area contributed by atoms with E-state index in [2.05, 4.69) is 61.0 Å². The standard InChI is InChI=1S/C46H64N8O8S2/c1-10-64(59,60)53-20-17-30(24-53)43(56)52(8)40(27(2)3)42(55)49-35-22-38-48-36(25-63-38)29-15-16-37-32(21-29)33(41(51(37)7)31-13-11-18-47-39(31)28(4)61-9)23-46(5,6)26-62-45(58)34-14-12-19-54(50-34)44(35)57/h10,15-16,18,21,27-28,30,34-36,40,50H,1,11-14,17,19-20,22-26H2,2-9H3,(H,49,55)/t28-,30-,34-,35-,36?,40-/m0/s1. The number of cyclic esters (lactones) is 1. The molecular weight excluding hydrogens is 857 g/mol. The first-order chi connectivity index (χ1) is 30.3. The summed E-state index contributed by atoms with van der Waals surface area (Å²) < 4.78 is 40.3. The fraction of sp³-hybridized carbons (Fsp3) is 0.609. The first-order valence-corrected chi connectivity index (χ1v) is 24.9. The minimum absolute atomic E-state index is 0.00749. The predicted molar refractivity (Wildman–Crippen MR) is 250 cm³/mol. The number of sulfonamides is 1. The van der Waals surface area contributed by atoms with E-state index in [4.69, 9.17) is 19.5 Å². The van der Waals surface area contributed by atoms with E-state index in [-0.39, 0.29) is 50.1 Å². The molecule has 2 aromatic rings. The van der Waals surface area contributed by atoms with E-state index >= 15 is 0 Å². The van der Waals surface area contributed by atoms with Crippen molar-refractivity contribution in [1.82, 2.24) is 29.5 Å². The largest absolute Gasteiger partial charge is 0.464 e. The van der Waals surface area contributed by atoms with Crippen LogP contribution in [0.5, 0.6) is 0 Å². The van der Waals surface area contributed by atoms with Crippen molar-refractivity contribution in [2.24, 2.45) is 34.3 Å². The Morgan fingerprint density at radius 3 is 2.66 bits per heavy atom. The highest BCUT2D eigenvalue weighted by Crippen LogP contribution is 2.42. The van der Waals surface area contributed by atoms with Crippen LogP contribution in [0.25, 0.3) is 16.5 Å². The van der Waals surface area contributed by atoms with E-state index in [0.717, 1.165) is 57.2 Å². The molecule has 1 aromatic heterocycles. The summed E-state index contributed by atoms with van der Waals surface area (Å²) in [5.41, 5.74) is 9.03. The molecule has 6 atom stereocenters. The third-order valence-corrected chi connectivity index (χ3v) is 15.8. The van der Waals surface area contributed by atoms with Crippen LogP contribution < -0.4 is 10.7 Å². The number of methoxy groups -OCH3 is 1. The van der Waals surface area contributed by atoms with Gasteiger partial charge in [-0.05, 0) is 74.6 Å². The van der Waals surface area contributed by atoms with Gasteiger partial charge in [0.25, 0.3) is 5.91 Å².